The standard InChI is InChI=1S/C24H25N7O/c1-15-9-22-27-16(2)10-23(32)31(22)28-24(15)30-8-7-20-19(14-30)11-18(13-25-20)17-5-6-21(26-12-17)29(3)4/h5-6,9-13H,7-8,14H2,1-4H3. The second-order valence-electron chi connectivity index (χ2n) is 8.46. The predicted molar refractivity (Wildman–Crippen MR) is 125 cm³/mol. The van der Waals surface area contributed by atoms with Crippen molar-refractivity contribution in [2.75, 3.05) is 30.4 Å². The summed E-state index contributed by atoms with van der Waals surface area (Å²) in [5, 5.41) is 4.65. The van der Waals surface area contributed by atoms with Crippen LogP contribution in [0.15, 0.2) is 47.5 Å². The zero-order chi connectivity index (χ0) is 22.4. The lowest BCUT2D eigenvalue weighted by Gasteiger charge is -2.30. The first-order chi connectivity index (χ1) is 15.4. The monoisotopic (exact) mass is 427 g/mol. The van der Waals surface area contributed by atoms with E-state index in [9.17, 15) is 4.79 Å². The lowest BCUT2D eigenvalue weighted by atomic mass is 10.0. The third-order valence-electron chi connectivity index (χ3n) is 5.82. The van der Waals surface area contributed by atoms with E-state index < -0.39 is 0 Å². The maximum absolute atomic E-state index is 12.4. The molecule has 0 aromatic carbocycles. The van der Waals surface area contributed by atoms with Crippen molar-refractivity contribution >= 4 is 17.3 Å². The van der Waals surface area contributed by atoms with Gasteiger partial charge in [0.1, 0.15) is 5.82 Å². The van der Waals surface area contributed by atoms with Crippen molar-refractivity contribution in [2.45, 2.75) is 26.8 Å². The fourth-order valence-corrected chi connectivity index (χ4v) is 4.14. The molecule has 0 spiro atoms. The highest BCUT2D eigenvalue weighted by Gasteiger charge is 2.21. The topological polar surface area (TPSA) is 79.5 Å². The van der Waals surface area contributed by atoms with Gasteiger partial charge in [-0.1, -0.05) is 0 Å². The normalized spacial score (nSPS) is 13.3. The zero-order valence-corrected chi connectivity index (χ0v) is 18.7. The van der Waals surface area contributed by atoms with Crippen LogP contribution in [0.5, 0.6) is 0 Å². The van der Waals surface area contributed by atoms with Gasteiger partial charge in [-0.2, -0.15) is 4.52 Å². The highest BCUT2D eigenvalue weighted by atomic mass is 16.1. The Balaban J connectivity index is 1.48. The molecule has 162 valence electrons. The summed E-state index contributed by atoms with van der Waals surface area (Å²) < 4.78 is 1.39. The van der Waals surface area contributed by atoms with E-state index in [4.69, 9.17) is 4.98 Å². The minimum Gasteiger partial charge on any atom is -0.363 e. The first-order valence-electron chi connectivity index (χ1n) is 10.6. The molecule has 8 nitrogen and oxygen atoms in total. The zero-order valence-electron chi connectivity index (χ0n) is 18.7. The minimum absolute atomic E-state index is 0.163. The molecule has 4 aromatic heterocycles. The van der Waals surface area contributed by atoms with Crippen LogP contribution >= 0.6 is 0 Å². The predicted octanol–water partition coefficient (Wildman–Crippen LogP) is 2.79. The molecular formula is C24H25N7O. The Hall–Kier alpha value is -3.81. The molecule has 32 heavy (non-hydrogen) atoms. The number of hydrogen-bond acceptors (Lipinski definition) is 7. The Morgan fingerprint density at radius 1 is 1.00 bits per heavy atom. The minimum atomic E-state index is -0.163. The molecular weight excluding hydrogens is 402 g/mol. The van der Waals surface area contributed by atoms with E-state index in [1.165, 1.54) is 16.1 Å². The van der Waals surface area contributed by atoms with E-state index >= 15 is 0 Å². The van der Waals surface area contributed by atoms with Gasteiger partial charge in [-0.15, -0.1) is 5.10 Å². The van der Waals surface area contributed by atoms with E-state index in [1.54, 1.807) is 0 Å². The lowest BCUT2D eigenvalue weighted by Crippen LogP contribution is -2.33. The largest absolute Gasteiger partial charge is 0.363 e. The summed E-state index contributed by atoms with van der Waals surface area (Å²) in [4.78, 5) is 30.3. The van der Waals surface area contributed by atoms with Crippen LogP contribution in [0.4, 0.5) is 11.6 Å². The van der Waals surface area contributed by atoms with Crippen molar-refractivity contribution in [1.29, 1.82) is 0 Å². The van der Waals surface area contributed by atoms with Crippen LogP contribution in [0.25, 0.3) is 16.8 Å². The Kier molecular flexibility index (Phi) is 4.84. The molecule has 0 radical (unpaired) electrons. The van der Waals surface area contributed by atoms with E-state index in [1.807, 2.05) is 57.4 Å². The molecule has 8 heteroatoms. The van der Waals surface area contributed by atoms with Crippen molar-refractivity contribution in [3.8, 4) is 11.1 Å². The van der Waals surface area contributed by atoms with Gasteiger partial charge in [0.15, 0.2) is 11.5 Å². The van der Waals surface area contributed by atoms with Crippen molar-refractivity contribution in [2.24, 2.45) is 0 Å². The molecule has 0 atom stereocenters. The third kappa shape index (κ3) is 3.57. The van der Waals surface area contributed by atoms with Gasteiger partial charge < -0.3 is 9.80 Å². The second kappa shape index (κ2) is 7.71. The van der Waals surface area contributed by atoms with Crippen LogP contribution in [0.3, 0.4) is 0 Å². The molecule has 0 aliphatic carbocycles. The number of rotatable bonds is 3. The molecule has 4 aromatic rings. The van der Waals surface area contributed by atoms with Crippen LogP contribution in [0, 0.1) is 13.8 Å². The number of nitrogens with zero attached hydrogens (tertiary/aromatic N) is 7. The van der Waals surface area contributed by atoms with Crippen molar-refractivity contribution in [3.05, 3.63) is 75.6 Å². The second-order valence-corrected chi connectivity index (χ2v) is 8.46. The van der Waals surface area contributed by atoms with Gasteiger partial charge in [-0.3, -0.25) is 9.78 Å². The van der Waals surface area contributed by atoms with Gasteiger partial charge in [0, 0.05) is 74.6 Å². The van der Waals surface area contributed by atoms with Crippen LogP contribution in [-0.4, -0.2) is 45.2 Å². The quantitative estimate of drug-likeness (QED) is 0.497. The first-order valence-corrected chi connectivity index (χ1v) is 10.6. The summed E-state index contributed by atoms with van der Waals surface area (Å²) in [7, 11) is 3.95. The van der Waals surface area contributed by atoms with Crippen LogP contribution in [0.2, 0.25) is 0 Å². The average Bonchev–Trinajstić information content (AvgIpc) is 2.78. The molecule has 0 saturated heterocycles. The fraction of sp³-hybridized carbons (Fsp3) is 0.292. The molecule has 1 aliphatic heterocycles. The third-order valence-corrected chi connectivity index (χ3v) is 5.82. The maximum Gasteiger partial charge on any atom is 0.274 e. The number of hydrogen-bond donors (Lipinski definition) is 0. The van der Waals surface area contributed by atoms with Gasteiger partial charge in [-0.05, 0) is 49.2 Å². The van der Waals surface area contributed by atoms with Crippen LogP contribution in [0.1, 0.15) is 22.5 Å². The molecule has 5 heterocycles. The summed E-state index contributed by atoms with van der Waals surface area (Å²) in [6.45, 7) is 5.32. The summed E-state index contributed by atoms with van der Waals surface area (Å²) in [6, 6.07) is 9.71. The first kappa shape index (κ1) is 20.1. The molecule has 0 fully saturated rings. The Morgan fingerprint density at radius 2 is 1.81 bits per heavy atom. The number of aryl methyl sites for hydroxylation is 2. The molecule has 1 aliphatic rings. The SMILES string of the molecule is Cc1cc(=O)n2nc(N3CCc4ncc(-c5ccc(N(C)C)nc5)cc4C3)c(C)cc2n1. The van der Waals surface area contributed by atoms with E-state index in [-0.39, 0.29) is 5.56 Å². The molecule has 0 amide bonds. The summed E-state index contributed by atoms with van der Waals surface area (Å²) in [6.07, 6.45) is 4.64. The Morgan fingerprint density at radius 3 is 2.56 bits per heavy atom. The molecule has 0 bridgehead atoms. The van der Waals surface area contributed by atoms with Crippen molar-refractivity contribution in [3.63, 3.8) is 0 Å². The molecule has 5 rings (SSSR count). The number of aromatic nitrogens is 5. The summed E-state index contributed by atoms with van der Waals surface area (Å²) in [5.74, 6) is 1.72. The number of fused-ring (bicyclic) bond motifs is 2. The molecule has 0 unspecified atom stereocenters. The Bertz CT molecular complexity index is 1380. The van der Waals surface area contributed by atoms with Crippen LogP contribution in [-0.2, 0) is 13.0 Å². The molecule has 0 saturated carbocycles. The van der Waals surface area contributed by atoms with Gasteiger partial charge in [0.05, 0.1) is 0 Å². The van der Waals surface area contributed by atoms with Gasteiger partial charge >= 0.3 is 0 Å². The smallest absolute Gasteiger partial charge is 0.274 e. The van der Waals surface area contributed by atoms with Crippen molar-refractivity contribution in [1.82, 2.24) is 24.6 Å². The lowest BCUT2D eigenvalue weighted by molar-refractivity contribution is 0.685. The van der Waals surface area contributed by atoms with Gasteiger partial charge in [-0.25, -0.2) is 9.97 Å². The van der Waals surface area contributed by atoms with Gasteiger partial charge in [0.25, 0.3) is 5.56 Å². The average molecular weight is 428 g/mol. The summed E-state index contributed by atoms with van der Waals surface area (Å²) in [5.41, 5.74) is 6.46. The van der Waals surface area contributed by atoms with E-state index in [0.29, 0.717) is 17.9 Å². The number of anilines is 2. The molecule has 0 N–H and O–H groups in total. The van der Waals surface area contributed by atoms with E-state index in [2.05, 4.69) is 32.1 Å². The van der Waals surface area contributed by atoms with Gasteiger partial charge in [0.2, 0.25) is 0 Å². The highest BCUT2D eigenvalue weighted by Crippen LogP contribution is 2.28. The van der Waals surface area contributed by atoms with E-state index in [0.717, 1.165) is 47.0 Å². The van der Waals surface area contributed by atoms with Crippen LogP contribution < -0.4 is 15.4 Å². The highest BCUT2D eigenvalue weighted by molar-refractivity contribution is 5.65. The van der Waals surface area contributed by atoms with Crippen molar-refractivity contribution < 1.29 is 0 Å². The summed E-state index contributed by atoms with van der Waals surface area (Å²) >= 11 is 0. The fourth-order valence-electron chi connectivity index (χ4n) is 4.14. The maximum atomic E-state index is 12.4. The number of pyridine rings is 2. The Labute approximate surface area is 186 Å².